The molecule has 2 aliphatic heterocycles. The van der Waals surface area contributed by atoms with Crippen LogP contribution in [-0.2, 0) is 0 Å². The normalized spacial score (nSPS) is 26.5. The highest BCUT2D eigenvalue weighted by Gasteiger charge is 2.31. The third-order valence-corrected chi connectivity index (χ3v) is 4.95. The number of hydrogen-bond acceptors (Lipinski definition) is 6. The average molecular weight is 288 g/mol. The first kappa shape index (κ1) is 13.3. The minimum absolute atomic E-state index is 0.548. The quantitative estimate of drug-likeness (QED) is 0.645. The zero-order valence-electron chi connectivity index (χ0n) is 12.5. The first-order chi connectivity index (χ1) is 10.3. The molecule has 1 aromatic heterocycles. The van der Waals surface area contributed by atoms with Gasteiger partial charge in [-0.2, -0.15) is 0 Å². The molecule has 1 saturated carbocycles. The lowest BCUT2D eigenvalue weighted by molar-refractivity contribution is 0.273. The molecule has 3 heterocycles. The fourth-order valence-electron chi connectivity index (χ4n) is 3.63. The molecule has 1 aromatic rings. The van der Waals surface area contributed by atoms with Crippen LogP contribution in [-0.4, -0.2) is 47.1 Å². The van der Waals surface area contributed by atoms with Crippen molar-refractivity contribution in [2.75, 3.05) is 36.5 Å². The van der Waals surface area contributed by atoms with Crippen LogP contribution in [0.4, 0.5) is 11.6 Å². The van der Waals surface area contributed by atoms with E-state index in [0.717, 1.165) is 30.5 Å². The summed E-state index contributed by atoms with van der Waals surface area (Å²) in [4.78, 5) is 14.4. The maximum absolute atomic E-state index is 5.59. The average Bonchev–Trinajstić information content (AvgIpc) is 3.31. The van der Waals surface area contributed by atoms with Crippen LogP contribution in [0.1, 0.15) is 43.8 Å². The van der Waals surface area contributed by atoms with E-state index < -0.39 is 0 Å². The van der Waals surface area contributed by atoms with Crippen LogP contribution in [0, 0.1) is 0 Å². The Morgan fingerprint density at radius 3 is 2.76 bits per heavy atom. The van der Waals surface area contributed by atoms with Crippen LogP contribution in [0.5, 0.6) is 0 Å². The SMILES string of the molecule is NNc1cc(N2CCCN3CCCC3C2)nc(C2CC2)n1. The van der Waals surface area contributed by atoms with Crippen molar-refractivity contribution in [1.82, 2.24) is 14.9 Å². The summed E-state index contributed by atoms with van der Waals surface area (Å²) in [7, 11) is 0. The summed E-state index contributed by atoms with van der Waals surface area (Å²) in [6.07, 6.45) is 6.29. The molecular formula is C15H24N6. The Morgan fingerprint density at radius 2 is 1.95 bits per heavy atom. The van der Waals surface area contributed by atoms with E-state index in [2.05, 4.69) is 20.2 Å². The first-order valence-electron chi connectivity index (χ1n) is 8.18. The number of nitrogens with two attached hydrogens (primary N) is 1. The molecule has 0 amide bonds. The van der Waals surface area contributed by atoms with E-state index in [1.165, 1.54) is 45.2 Å². The maximum Gasteiger partial charge on any atom is 0.145 e. The number of nitrogens with one attached hydrogen (secondary N) is 1. The number of nitrogens with zero attached hydrogens (tertiary/aromatic N) is 4. The summed E-state index contributed by atoms with van der Waals surface area (Å²) >= 11 is 0. The Balaban J connectivity index is 1.60. The Labute approximate surface area is 125 Å². The molecule has 4 rings (SSSR count). The van der Waals surface area contributed by atoms with Gasteiger partial charge in [0.25, 0.3) is 0 Å². The number of hydrogen-bond donors (Lipinski definition) is 2. The maximum atomic E-state index is 5.59. The molecule has 0 spiro atoms. The van der Waals surface area contributed by atoms with Gasteiger partial charge in [0.05, 0.1) is 0 Å². The standard InChI is InChI=1S/C15H24N6/c16-19-13-9-14(18-15(17-13)11-4-5-11)21-8-2-7-20-6-1-3-12(20)10-21/h9,11-12H,1-8,10,16H2,(H,17,18,19). The number of hydrazine groups is 1. The van der Waals surface area contributed by atoms with Gasteiger partial charge in [-0.05, 0) is 38.6 Å². The molecule has 1 atom stereocenters. The second-order valence-electron chi connectivity index (χ2n) is 6.52. The summed E-state index contributed by atoms with van der Waals surface area (Å²) in [5, 5.41) is 0. The molecule has 6 heteroatoms. The van der Waals surface area contributed by atoms with E-state index in [1.807, 2.05) is 6.07 Å². The van der Waals surface area contributed by atoms with E-state index in [9.17, 15) is 0 Å². The highest BCUT2D eigenvalue weighted by atomic mass is 15.3. The van der Waals surface area contributed by atoms with Gasteiger partial charge in [0, 0.05) is 37.7 Å². The van der Waals surface area contributed by atoms with Crippen LogP contribution < -0.4 is 16.2 Å². The van der Waals surface area contributed by atoms with Crippen molar-refractivity contribution in [2.24, 2.45) is 5.84 Å². The number of fused-ring (bicyclic) bond motifs is 1. The fraction of sp³-hybridized carbons (Fsp3) is 0.733. The molecule has 0 aromatic carbocycles. The predicted octanol–water partition coefficient (Wildman–Crippen LogP) is 1.31. The van der Waals surface area contributed by atoms with Crippen LogP contribution in [0.2, 0.25) is 0 Å². The van der Waals surface area contributed by atoms with Gasteiger partial charge in [0.15, 0.2) is 0 Å². The molecule has 0 bridgehead atoms. The van der Waals surface area contributed by atoms with E-state index in [0.29, 0.717) is 12.0 Å². The smallest absolute Gasteiger partial charge is 0.145 e. The summed E-state index contributed by atoms with van der Waals surface area (Å²) in [5.74, 6) is 8.90. The second-order valence-corrected chi connectivity index (χ2v) is 6.52. The number of rotatable bonds is 3. The Bertz CT molecular complexity index is 515. The second kappa shape index (κ2) is 5.42. The lowest BCUT2D eigenvalue weighted by Gasteiger charge is -2.27. The van der Waals surface area contributed by atoms with E-state index in [1.54, 1.807) is 0 Å². The van der Waals surface area contributed by atoms with Crippen molar-refractivity contribution in [3.8, 4) is 0 Å². The predicted molar refractivity (Wildman–Crippen MR) is 83.2 cm³/mol. The molecule has 3 fully saturated rings. The highest BCUT2D eigenvalue weighted by Crippen LogP contribution is 2.39. The molecule has 1 aliphatic carbocycles. The lowest BCUT2D eigenvalue weighted by atomic mass is 10.2. The number of aromatic nitrogens is 2. The third kappa shape index (κ3) is 2.70. The molecule has 2 saturated heterocycles. The molecule has 6 nitrogen and oxygen atoms in total. The number of nitrogen functional groups attached to an aromatic ring is 1. The molecule has 114 valence electrons. The van der Waals surface area contributed by atoms with Crippen molar-refractivity contribution >= 4 is 11.6 Å². The molecule has 3 aliphatic rings. The molecule has 21 heavy (non-hydrogen) atoms. The molecular weight excluding hydrogens is 264 g/mol. The molecule has 1 unspecified atom stereocenters. The summed E-state index contributed by atoms with van der Waals surface area (Å²) in [5.41, 5.74) is 2.70. The van der Waals surface area contributed by atoms with E-state index >= 15 is 0 Å². The van der Waals surface area contributed by atoms with Gasteiger partial charge in [-0.15, -0.1) is 0 Å². The largest absolute Gasteiger partial charge is 0.355 e. The van der Waals surface area contributed by atoms with Gasteiger partial charge in [-0.3, -0.25) is 4.90 Å². The van der Waals surface area contributed by atoms with Crippen molar-refractivity contribution in [3.63, 3.8) is 0 Å². The van der Waals surface area contributed by atoms with E-state index in [4.69, 9.17) is 10.8 Å². The fourth-order valence-corrected chi connectivity index (χ4v) is 3.63. The van der Waals surface area contributed by atoms with Crippen molar-refractivity contribution < 1.29 is 0 Å². The van der Waals surface area contributed by atoms with Crippen molar-refractivity contribution in [2.45, 2.75) is 44.1 Å². The Hall–Kier alpha value is -1.40. The molecule has 3 N–H and O–H groups in total. The summed E-state index contributed by atoms with van der Waals surface area (Å²) in [6.45, 7) is 4.66. The van der Waals surface area contributed by atoms with Crippen LogP contribution in [0.15, 0.2) is 6.07 Å². The monoisotopic (exact) mass is 288 g/mol. The van der Waals surface area contributed by atoms with Crippen molar-refractivity contribution in [3.05, 3.63) is 11.9 Å². The first-order valence-corrected chi connectivity index (χ1v) is 8.18. The minimum Gasteiger partial charge on any atom is -0.355 e. The van der Waals surface area contributed by atoms with Gasteiger partial charge in [0.2, 0.25) is 0 Å². The Kier molecular flexibility index (Phi) is 3.43. The van der Waals surface area contributed by atoms with Gasteiger partial charge in [0.1, 0.15) is 17.5 Å². The Morgan fingerprint density at radius 1 is 1.10 bits per heavy atom. The van der Waals surface area contributed by atoms with Gasteiger partial charge >= 0.3 is 0 Å². The lowest BCUT2D eigenvalue weighted by Crippen LogP contribution is -2.37. The van der Waals surface area contributed by atoms with Crippen LogP contribution in [0.25, 0.3) is 0 Å². The zero-order valence-corrected chi connectivity index (χ0v) is 12.5. The summed E-state index contributed by atoms with van der Waals surface area (Å²) < 4.78 is 0. The van der Waals surface area contributed by atoms with Crippen LogP contribution >= 0.6 is 0 Å². The van der Waals surface area contributed by atoms with Gasteiger partial charge in [-0.25, -0.2) is 15.8 Å². The van der Waals surface area contributed by atoms with Crippen LogP contribution in [0.3, 0.4) is 0 Å². The van der Waals surface area contributed by atoms with Gasteiger partial charge < -0.3 is 10.3 Å². The van der Waals surface area contributed by atoms with Crippen molar-refractivity contribution in [1.29, 1.82) is 0 Å². The minimum atomic E-state index is 0.548. The van der Waals surface area contributed by atoms with E-state index in [-0.39, 0.29) is 0 Å². The molecule has 0 radical (unpaired) electrons. The topological polar surface area (TPSA) is 70.3 Å². The zero-order chi connectivity index (χ0) is 14.2. The summed E-state index contributed by atoms with van der Waals surface area (Å²) in [6, 6.07) is 2.69. The van der Waals surface area contributed by atoms with Gasteiger partial charge in [-0.1, -0.05) is 0 Å². The third-order valence-electron chi connectivity index (χ3n) is 4.95. The highest BCUT2D eigenvalue weighted by molar-refractivity contribution is 5.49. The number of anilines is 2.